The zero-order chi connectivity index (χ0) is 10.3. The molecule has 0 saturated heterocycles. The fourth-order valence-electron chi connectivity index (χ4n) is 0.925. The first-order valence-electron chi connectivity index (χ1n) is 3.47. The number of fused-ring (bicyclic) bond motifs is 1. The van der Waals surface area contributed by atoms with Gasteiger partial charge in [0.1, 0.15) is 0 Å². The Kier molecular flexibility index (Phi) is 2.13. The molecule has 0 spiro atoms. The molecule has 0 aromatic carbocycles. The fraction of sp³-hybridized carbons (Fsp3) is 0.143. The van der Waals surface area contributed by atoms with Crippen molar-refractivity contribution in [1.82, 2.24) is 9.97 Å². The number of rotatable bonds is 0. The molecule has 0 bridgehead atoms. The summed E-state index contributed by atoms with van der Waals surface area (Å²) in [6.45, 7) is 0. The van der Waals surface area contributed by atoms with Crippen molar-refractivity contribution in [2.75, 3.05) is 0 Å². The Morgan fingerprint density at radius 2 is 2.07 bits per heavy atom. The van der Waals surface area contributed by atoms with E-state index in [0.717, 1.165) is 0 Å². The molecule has 0 saturated carbocycles. The number of halogens is 4. The third kappa shape index (κ3) is 1.56. The molecule has 3 nitrogen and oxygen atoms in total. The Morgan fingerprint density at radius 3 is 2.64 bits per heavy atom. The lowest BCUT2D eigenvalue weighted by molar-refractivity contribution is -0.156. The topological polar surface area (TPSA) is 38.9 Å². The summed E-state index contributed by atoms with van der Waals surface area (Å²) in [5.74, 6) is -1.26. The zero-order valence-electron chi connectivity index (χ0n) is 6.47. The second-order valence-corrected chi connectivity index (χ2v) is 3.62. The Labute approximate surface area is 89.5 Å². The molecular weight excluding hydrogens is 312 g/mol. The molecule has 0 atom stereocenters. The first-order chi connectivity index (χ1) is 6.48. The second kappa shape index (κ2) is 3.07. The molecule has 0 amide bonds. The highest BCUT2D eigenvalue weighted by molar-refractivity contribution is 14.1. The van der Waals surface area contributed by atoms with Crippen LogP contribution in [0.3, 0.4) is 0 Å². The Morgan fingerprint density at radius 1 is 1.36 bits per heavy atom. The molecule has 0 fully saturated rings. The van der Waals surface area contributed by atoms with Gasteiger partial charge in [-0.05, 0) is 28.7 Å². The number of hydrogen-bond acceptors (Lipinski definition) is 3. The monoisotopic (exact) mass is 314 g/mol. The van der Waals surface area contributed by atoms with Gasteiger partial charge in [0.25, 0.3) is 0 Å². The van der Waals surface area contributed by atoms with Gasteiger partial charge in [-0.2, -0.15) is 18.2 Å². The maximum absolute atomic E-state index is 12.2. The molecule has 74 valence electrons. The summed E-state index contributed by atoms with van der Waals surface area (Å²) in [5, 5.41) is 0. The summed E-state index contributed by atoms with van der Waals surface area (Å²) in [6, 6.07) is 1.55. The number of nitrogens with zero attached hydrogens (tertiary/aromatic N) is 2. The lowest BCUT2D eigenvalue weighted by atomic mass is 10.5. The van der Waals surface area contributed by atoms with Gasteiger partial charge in [-0.1, -0.05) is 0 Å². The molecule has 0 aliphatic rings. The van der Waals surface area contributed by atoms with Crippen LogP contribution in [0.1, 0.15) is 5.89 Å². The van der Waals surface area contributed by atoms with Crippen LogP contribution >= 0.6 is 22.6 Å². The summed E-state index contributed by atoms with van der Waals surface area (Å²) in [4.78, 5) is 6.90. The van der Waals surface area contributed by atoms with Crippen LogP contribution in [0.4, 0.5) is 13.2 Å². The van der Waals surface area contributed by atoms with Crippen molar-refractivity contribution >= 4 is 33.8 Å². The van der Waals surface area contributed by atoms with Crippen LogP contribution in [-0.4, -0.2) is 9.97 Å². The van der Waals surface area contributed by atoms with E-state index in [1.165, 1.54) is 6.20 Å². The van der Waals surface area contributed by atoms with Gasteiger partial charge < -0.3 is 4.42 Å². The molecule has 7 heteroatoms. The minimum Gasteiger partial charge on any atom is -0.430 e. The maximum Gasteiger partial charge on any atom is 0.469 e. The van der Waals surface area contributed by atoms with Gasteiger partial charge in [0, 0.05) is 6.20 Å². The van der Waals surface area contributed by atoms with E-state index in [4.69, 9.17) is 0 Å². The Hall–Kier alpha value is -0.860. The van der Waals surface area contributed by atoms with Gasteiger partial charge in [0.15, 0.2) is 11.2 Å². The van der Waals surface area contributed by atoms with Crippen molar-refractivity contribution in [1.29, 1.82) is 0 Å². The van der Waals surface area contributed by atoms with Gasteiger partial charge in [-0.15, -0.1) is 0 Å². The van der Waals surface area contributed by atoms with E-state index in [2.05, 4.69) is 14.4 Å². The van der Waals surface area contributed by atoms with Crippen molar-refractivity contribution in [2.24, 2.45) is 0 Å². The van der Waals surface area contributed by atoms with Gasteiger partial charge in [0.2, 0.25) is 0 Å². The highest BCUT2D eigenvalue weighted by Gasteiger charge is 2.37. The molecule has 0 radical (unpaired) electrons. The third-order valence-electron chi connectivity index (χ3n) is 1.49. The minimum atomic E-state index is -4.57. The standard InChI is InChI=1S/C7H2F3IN2O/c8-7(9,10)6-13-5-4(14-6)3(11)1-2-12-5/h1-2H. The fourth-order valence-corrected chi connectivity index (χ4v) is 1.44. The largest absolute Gasteiger partial charge is 0.469 e. The molecule has 2 heterocycles. The smallest absolute Gasteiger partial charge is 0.430 e. The summed E-state index contributed by atoms with van der Waals surface area (Å²) in [6.07, 6.45) is -3.18. The van der Waals surface area contributed by atoms with Crippen LogP contribution in [0.5, 0.6) is 0 Å². The first-order valence-corrected chi connectivity index (χ1v) is 4.54. The molecule has 2 aromatic rings. The average Bonchev–Trinajstić information content (AvgIpc) is 2.48. The normalized spacial score (nSPS) is 12.3. The van der Waals surface area contributed by atoms with Crippen LogP contribution in [0, 0.1) is 3.57 Å². The number of hydrogen-bond donors (Lipinski definition) is 0. The highest BCUT2D eigenvalue weighted by atomic mass is 127. The van der Waals surface area contributed by atoms with Crippen LogP contribution in [0.25, 0.3) is 11.2 Å². The van der Waals surface area contributed by atoms with E-state index in [9.17, 15) is 13.2 Å². The van der Waals surface area contributed by atoms with Crippen molar-refractivity contribution < 1.29 is 17.6 Å². The van der Waals surface area contributed by atoms with Gasteiger partial charge in [-0.25, -0.2) is 4.98 Å². The van der Waals surface area contributed by atoms with Crippen molar-refractivity contribution in [3.63, 3.8) is 0 Å². The summed E-state index contributed by atoms with van der Waals surface area (Å²) >= 11 is 1.86. The number of alkyl halides is 3. The third-order valence-corrected chi connectivity index (χ3v) is 2.34. The summed E-state index contributed by atoms with van der Waals surface area (Å²) in [5.41, 5.74) is 0.0460. The van der Waals surface area contributed by atoms with Crippen LogP contribution in [-0.2, 0) is 6.18 Å². The summed E-state index contributed by atoms with van der Waals surface area (Å²) < 4.78 is 41.6. The molecule has 14 heavy (non-hydrogen) atoms. The lowest BCUT2D eigenvalue weighted by Crippen LogP contribution is -2.04. The van der Waals surface area contributed by atoms with E-state index < -0.39 is 12.1 Å². The molecule has 2 aromatic heterocycles. The summed E-state index contributed by atoms with van der Waals surface area (Å²) in [7, 11) is 0. The molecule has 0 unspecified atom stereocenters. The van der Waals surface area contributed by atoms with Crippen molar-refractivity contribution in [3.05, 3.63) is 21.7 Å². The van der Waals surface area contributed by atoms with Gasteiger partial charge >= 0.3 is 12.1 Å². The van der Waals surface area contributed by atoms with Crippen LogP contribution in [0.15, 0.2) is 16.7 Å². The van der Waals surface area contributed by atoms with E-state index in [1.54, 1.807) is 6.07 Å². The van der Waals surface area contributed by atoms with Gasteiger partial charge in [0.05, 0.1) is 3.57 Å². The van der Waals surface area contributed by atoms with Crippen LogP contribution in [0.2, 0.25) is 0 Å². The Balaban J connectivity index is 2.69. The maximum atomic E-state index is 12.2. The lowest BCUT2D eigenvalue weighted by Gasteiger charge is -1.97. The number of pyridine rings is 1. The average molecular weight is 314 g/mol. The molecular formula is C7H2F3IN2O. The van der Waals surface area contributed by atoms with E-state index in [0.29, 0.717) is 3.57 Å². The Bertz CT molecular complexity index is 479. The molecule has 0 N–H and O–H groups in total. The number of oxazole rings is 1. The SMILES string of the molecule is FC(F)(F)c1nc2nccc(I)c2o1. The van der Waals surface area contributed by atoms with Crippen molar-refractivity contribution in [2.45, 2.75) is 6.18 Å². The van der Waals surface area contributed by atoms with E-state index in [1.807, 2.05) is 22.6 Å². The first kappa shape index (κ1) is 9.69. The molecule has 2 rings (SSSR count). The second-order valence-electron chi connectivity index (χ2n) is 2.46. The molecule has 0 aliphatic carbocycles. The quantitative estimate of drug-likeness (QED) is 0.702. The minimum absolute atomic E-state index is 0.0239. The van der Waals surface area contributed by atoms with Crippen molar-refractivity contribution in [3.8, 4) is 0 Å². The molecule has 0 aliphatic heterocycles. The van der Waals surface area contributed by atoms with E-state index in [-0.39, 0.29) is 11.2 Å². The van der Waals surface area contributed by atoms with Crippen LogP contribution < -0.4 is 0 Å². The predicted molar refractivity (Wildman–Crippen MR) is 49.5 cm³/mol. The van der Waals surface area contributed by atoms with E-state index >= 15 is 0 Å². The number of aromatic nitrogens is 2. The predicted octanol–water partition coefficient (Wildman–Crippen LogP) is 2.85. The highest BCUT2D eigenvalue weighted by Crippen LogP contribution is 2.31. The van der Waals surface area contributed by atoms with Gasteiger partial charge in [-0.3, -0.25) is 0 Å². The zero-order valence-corrected chi connectivity index (χ0v) is 8.63.